The number of benzene rings is 2. The first-order chi connectivity index (χ1) is 14.3. The minimum Gasteiger partial charge on any atom is -0.486 e. The largest absolute Gasteiger partial charge is 0.486 e. The van der Waals surface area contributed by atoms with Gasteiger partial charge in [0.15, 0.2) is 11.6 Å². The molecule has 0 atom stereocenters. The van der Waals surface area contributed by atoms with Crippen molar-refractivity contribution in [2.45, 2.75) is 13.5 Å². The number of ketones is 1. The second-order valence-electron chi connectivity index (χ2n) is 6.11. The van der Waals surface area contributed by atoms with Gasteiger partial charge < -0.3 is 19.7 Å². The lowest BCUT2D eigenvalue weighted by molar-refractivity contribution is 0.0475. The molecule has 7 nitrogen and oxygen atoms in total. The summed E-state index contributed by atoms with van der Waals surface area (Å²) in [5.74, 6) is -0.0704. The monoisotopic (exact) mass is 446 g/mol. The lowest BCUT2D eigenvalue weighted by atomic mass is 10.1. The molecule has 1 aromatic heterocycles. The van der Waals surface area contributed by atoms with E-state index in [1.54, 1.807) is 42.5 Å². The number of carbonyl (C=O) groups excluding carboxylic acids is 2. The molecule has 3 rings (SSSR count). The summed E-state index contributed by atoms with van der Waals surface area (Å²) < 4.78 is 11.0. The molecule has 154 valence electrons. The number of nitrogens with two attached hydrogens (primary N) is 1. The van der Waals surface area contributed by atoms with Gasteiger partial charge in [-0.3, -0.25) is 4.79 Å². The minimum atomic E-state index is -0.833. The fraction of sp³-hybridized carbons (Fsp3) is 0.0952. The van der Waals surface area contributed by atoms with Crippen LogP contribution in [0.5, 0.6) is 5.75 Å². The smallest absolute Gasteiger partial charge is 0.400 e. The molecule has 0 saturated carbocycles. The number of rotatable bonds is 7. The lowest BCUT2D eigenvalue weighted by Crippen LogP contribution is -2.15. The number of ether oxygens (including phenoxy) is 1. The Kier molecular flexibility index (Phi) is 6.76. The Hall–Kier alpha value is -3.29. The van der Waals surface area contributed by atoms with Gasteiger partial charge in [-0.1, -0.05) is 28.4 Å². The van der Waals surface area contributed by atoms with Crippen molar-refractivity contribution in [2.75, 3.05) is 0 Å². The van der Waals surface area contributed by atoms with Gasteiger partial charge in [0.1, 0.15) is 18.1 Å². The van der Waals surface area contributed by atoms with Crippen molar-refractivity contribution in [3.8, 4) is 5.75 Å². The third-order valence-corrected chi connectivity index (χ3v) is 4.49. The summed E-state index contributed by atoms with van der Waals surface area (Å²) in [6.45, 7) is 1.57. The standard InChI is InChI=1S/C21H16Cl2N2O5/c1-12(26)13-2-5-15(6-3-13)28-11-16-7-9-19(29-16)21(27)30-25-20(24)17-8-4-14(22)10-18(17)23/h2-10H,11H2,1H3,(H2,24,25). The summed E-state index contributed by atoms with van der Waals surface area (Å²) >= 11 is 11.9. The first-order valence-corrected chi connectivity index (χ1v) is 9.42. The van der Waals surface area contributed by atoms with Crippen LogP contribution in [0.4, 0.5) is 0 Å². The number of carbonyl (C=O) groups is 2. The molecule has 0 spiro atoms. The summed E-state index contributed by atoms with van der Waals surface area (Å²) in [5, 5.41) is 4.30. The Morgan fingerprint density at radius 1 is 1.07 bits per heavy atom. The highest BCUT2D eigenvalue weighted by Gasteiger charge is 2.15. The maximum Gasteiger partial charge on any atom is 0.400 e. The molecule has 1 heterocycles. The molecule has 0 aliphatic rings. The van der Waals surface area contributed by atoms with Crippen LogP contribution in [-0.2, 0) is 11.4 Å². The lowest BCUT2D eigenvalue weighted by Gasteiger charge is -2.05. The van der Waals surface area contributed by atoms with E-state index in [0.717, 1.165) is 0 Å². The van der Waals surface area contributed by atoms with Crippen LogP contribution >= 0.6 is 23.2 Å². The van der Waals surface area contributed by atoms with Crippen LogP contribution in [0, 0.1) is 0 Å². The molecule has 2 aromatic carbocycles. The van der Waals surface area contributed by atoms with Crippen molar-refractivity contribution in [1.82, 2.24) is 0 Å². The average Bonchev–Trinajstić information content (AvgIpc) is 3.19. The normalized spacial score (nSPS) is 11.2. The van der Waals surface area contributed by atoms with Gasteiger partial charge in [0.25, 0.3) is 0 Å². The number of amidine groups is 1. The first kappa shape index (κ1) is 21.4. The molecule has 0 radical (unpaired) electrons. The van der Waals surface area contributed by atoms with Gasteiger partial charge in [0, 0.05) is 16.1 Å². The van der Waals surface area contributed by atoms with Crippen LogP contribution in [0.3, 0.4) is 0 Å². The number of hydrogen-bond acceptors (Lipinski definition) is 6. The molecule has 9 heteroatoms. The van der Waals surface area contributed by atoms with Gasteiger partial charge in [-0.15, -0.1) is 0 Å². The van der Waals surface area contributed by atoms with Gasteiger partial charge >= 0.3 is 5.97 Å². The van der Waals surface area contributed by atoms with E-state index < -0.39 is 5.97 Å². The summed E-state index contributed by atoms with van der Waals surface area (Å²) in [7, 11) is 0. The molecule has 0 fully saturated rings. The highest BCUT2D eigenvalue weighted by Crippen LogP contribution is 2.21. The van der Waals surface area contributed by atoms with Gasteiger partial charge in [-0.05, 0) is 61.5 Å². The summed E-state index contributed by atoms with van der Waals surface area (Å²) in [6, 6.07) is 14.3. The molecule has 0 aliphatic carbocycles. The molecule has 2 N–H and O–H groups in total. The van der Waals surface area contributed by atoms with Crippen molar-refractivity contribution >= 4 is 40.8 Å². The quantitative estimate of drug-likeness (QED) is 0.183. The van der Waals surface area contributed by atoms with Gasteiger partial charge in [-0.25, -0.2) is 4.79 Å². The Morgan fingerprint density at radius 2 is 1.80 bits per heavy atom. The predicted molar refractivity (Wildman–Crippen MR) is 112 cm³/mol. The fourth-order valence-corrected chi connectivity index (χ4v) is 2.89. The average molecular weight is 447 g/mol. The number of nitrogens with zero attached hydrogens (tertiary/aromatic N) is 1. The van der Waals surface area contributed by atoms with Crippen molar-refractivity contribution in [3.05, 3.63) is 87.3 Å². The van der Waals surface area contributed by atoms with E-state index in [0.29, 0.717) is 27.7 Å². The minimum absolute atomic E-state index is 0.0302. The molecule has 0 aliphatic heterocycles. The molecule has 0 unspecified atom stereocenters. The molecule has 3 aromatic rings. The number of furan rings is 1. The second kappa shape index (κ2) is 9.47. The number of oxime groups is 1. The van der Waals surface area contributed by atoms with E-state index in [2.05, 4.69) is 5.16 Å². The van der Waals surface area contributed by atoms with E-state index in [-0.39, 0.29) is 29.0 Å². The van der Waals surface area contributed by atoms with Crippen LogP contribution < -0.4 is 10.5 Å². The molecule has 0 saturated heterocycles. The summed E-state index contributed by atoms with van der Waals surface area (Å²) in [5.41, 5.74) is 6.75. The van der Waals surface area contributed by atoms with E-state index in [1.807, 2.05) is 0 Å². The van der Waals surface area contributed by atoms with E-state index in [1.165, 1.54) is 19.1 Å². The third kappa shape index (κ3) is 5.40. The SMILES string of the molecule is CC(=O)c1ccc(OCc2ccc(C(=O)O/N=C(\N)c3ccc(Cl)cc3Cl)o2)cc1. The van der Waals surface area contributed by atoms with Crippen molar-refractivity contribution < 1.29 is 23.6 Å². The Labute approximate surface area is 182 Å². The summed E-state index contributed by atoms with van der Waals surface area (Å²) in [4.78, 5) is 28.2. The van der Waals surface area contributed by atoms with E-state index in [4.69, 9.17) is 42.9 Å². The zero-order valence-electron chi connectivity index (χ0n) is 15.7. The van der Waals surface area contributed by atoms with Gasteiger partial charge in [0.2, 0.25) is 5.76 Å². The maximum absolute atomic E-state index is 12.1. The first-order valence-electron chi connectivity index (χ1n) is 8.66. The highest BCUT2D eigenvalue weighted by atomic mass is 35.5. The van der Waals surface area contributed by atoms with Gasteiger partial charge in [-0.2, -0.15) is 0 Å². The van der Waals surface area contributed by atoms with Crippen LogP contribution in [0.1, 0.15) is 39.2 Å². The van der Waals surface area contributed by atoms with Gasteiger partial charge in [0.05, 0.1) is 5.02 Å². The fourth-order valence-electron chi connectivity index (χ4n) is 2.39. The van der Waals surface area contributed by atoms with Crippen LogP contribution in [-0.4, -0.2) is 17.6 Å². The molecular weight excluding hydrogens is 431 g/mol. The zero-order chi connectivity index (χ0) is 21.7. The maximum atomic E-state index is 12.1. The second-order valence-corrected chi connectivity index (χ2v) is 6.96. The molecular formula is C21H16Cl2N2O5. The zero-order valence-corrected chi connectivity index (χ0v) is 17.2. The highest BCUT2D eigenvalue weighted by molar-refractivity contribution is 6.36. The van der Waals surface area contributed by atoms with E-state index >= 15 is 0 Å². The Balaban J connectivity index is 1.58. The number of halogens is 2. The van der Waals surface area contributed by atoms with Crippen molar-refractivity contribution in [3.63, 3.8) is 0 Å². The third-order valence-electron chi connectivity index (χ3n) is 3.94. The Bertz CT molecular complexity index is 1110. The van der Waals surface area contributed by atoms with Crippen LogP contribution in [0.2, 0.25) is 10.0 Å². The molecule has 0 bridgehead atoms. The van der Waals surface area contributed by atoms with Crippen molar-refractivity contribution in [2.24, 2.45) is 10.9 Å². The van der Waals surface area contributed by atoms with Crippen molar-refractivity contribution in [1.29, 1.82) is 0 Å². The van der Waals surface area contributed by atoms with Crippen LogP contribution in [0.15, 0.2) is 64.2 Å². The summed E-state index contributed by atoms with van der Waals surface area (Å²) in [6.07, 6.45) is 0. The molecule has 0 amide bonds. The van der Waals surface area contributed by atoms with E-state index in [9.17, 15) is 9.59 Å². The molecule has 30 heavy (non-hydrogen) atoms. The van der Waals surface area contributed by atoms with Crippen LogP contribution in [0.25, 0.3) is 0 Å². The number of hydrogen-bond donors (Lipinski definition) is 1. The Morgan fingerprint density at radius 3 is 2.47 bits per heavy atom. The predicted octanol–water partition coefficient (Wildman–Crippen LogP) is 4.85. The topological polar surface area (TPSA) is 104 Å². The number of Topliss-reactive ketones (excluding diaryl/α,β-unsaturated/α-hetero) is 1.